The van der Waals surface area contributed by atoms with Crippen molar-refractivity contribution >= 4 is 17.5 Å². The first kappa shape index (κ1) is 27.7. The number of aryl methyl sites for hydroxylation is 2. The molecule has 2 aliphatic heterocycles. The third-order valence-corrected chi connectivity index (χ3v) is 8.23. The predicted octanol–water partition coefficient (Wildman–Crippen LogP) is 3.46. The zero-order valence-corrected chi connectivity index (χ0v) is 23.6. The van der Waals surface area contributed by atoms with Crippen LogP contribution in [0.2, 0.25) is 0 Å². The molecule has 0 saturated carbocycles. The molecule has 9 heteroatoms. The van der Waals surface area contributed by atoms with Crippen LogP contribution in [-0.4, -0.2) is 61.3 Å². The molecule has 2 amide bonds. The lowest BCUT2D eigenvalue weighted by Gasteiger charge is -2.33. The molecular formula is C31H38N6O3. The zero-order chi connectivity index (χ0) is 28.2. The monoisotopic (exact) mass is 542 g/mol. The fourth-order valence-electron chi connectivity index (χ4n) is 6.22. The summed E-state index contributed by atoms with van der Waals surface area (Å²) in [5.74, 6) is -0.0198. The Balaban J connectivity index is 1.46. The van der Waals surface area contributed by atoms with Crippen molar-refractivity contribution in [3.63, 3.8) is 0 Å². The van der Waals surface area contributed by atoms with E-state index in [-0.39, 0.29) is 42.6 Å². The number of carbonyl (C=O) groups is 2. The minimum absolute atomic E-state index is 0.00267. The van der Waals surface area contributed by atoms with E-state index < -0.39 is 0 Å². The van der Waals surface area contributed by atoms with Crippen molar-refractivity contribution in [2.75, 3.05) is 18.0 Å². The molecule has 2 bridgehead atoms. The molecule has 0 radical (unpaired) electrons. The van der Waals surface area contributed by atoms with Crippen LogP contribution in [0.4, 0.5) is 5.69 Å². The SMILES string of the molecule is CC(=O)N1CC[C@@H]2CC[C@H](CN(C(=O)CCn3c(C)cc(C)nc3=O)Cc3ccccc31)N2Cc1ccccn1. The fraction of sp³-hybridized carbons (Fsp3) is 0.452. The molecule has 210 valence electrons. The lowest BCUT2D eigenvalue weighted by molar-refractivity contribution is -0.133. The van der Waals surface area contributed by atoms with Crippen molar-refractivity contribution in [3.05, 3.63) is 87.9 Å². The van der Waals surface area contributed by atoms with Crippen molar-refractivity contribution in [1.29, 1.82) is 0 Å². The fourth-order valence-corrected chi connectivity index (χ4v) is 6.22. The van der Waals surface area contributed by atoms with Crippen LogP contribution >= 0.6 is 0 Å². The van der Waals surface area contributed by atoms with Gasteiger partial charge in [0.05, 0.1) is 5.69 Å². The van der Waals surface area contributed by atoms with Crippen LogP contribution in [0.15, 0.2) is 59.5 Å². The van der Waals surface area contributed by atoms with E-state index in [9.17, 15) is 14.4 Å². The highest BCUT2D eigenvalue weighted by Gasteiger charge is 2.36. The number of anilines is 1. The van der Waals surface area contributed by atoms with Crippen molar-refractivity contribution in [3.8, 4) is 0 Å². The Hall–Kier alpha value is -3.85. The van der Waals surface area contributed by atoms with Gasteiger partial charge in [-0.1, -0.05) is 24.3 Å². The topological polar surface area (TPSA) is 91.6 Å². The third-order valence-electron chi connectivity index (χ3n) is 8.23. The molecule has 9 nitrogen and oxygen atoms in total. The Kier molecular flexibility index (Phi) is 8.40. The third kappa shape index (κ3) is 6.14. The second-order valence-electron chi connectivity index (χ2n) is 11.0. The number of nitrogens with zero attached hydrogens (tertiary/aromatic N) is 6. The number of fused-ring (bicyclic) bond motifs is 3. The molecule has 2 aliphatic rings. The first-order chi connectivity index (χ1) is 19.3. The Labute approximate surface area is 235 Å². The van der Waals surface area contributed by atoms with Crippen LogP contribution in [0, 0.1) is 13.8 Å². The maximum absolute atomic E-state index is 13.9. The van der Waals surface area contributed by atoms with Gasteiger partial charge in [-0.15, -0.1) is 0 Å². The summed E-state index contributed by atoms with van der Waals surface area (Å²) in [6.45, 7) is 7.86. The highest BCUT2D eigenvalue weighted by atomic mass is 16.2. The van der Waals surface area contributed by atoms with Gasteiger partial charge >= 0.3 is 5.69 Å². The molecule has 40 heavy (non-hydrogen) atoms. The Bertz CT molecular complexity index is 1420. The second-order valence-corrected chi connectivity index (χ2v) is 11.0. The first-order valence-electron chi connectivity index (χ1n) is 14.1. The highest BCUT2D eigenvalue weighted by Crippen LogP contribution is 2.32. The van der Waals surface area contributed by atoms with Crippen LogP contribution in [0.5, 0.6) is 0 Å². The molecule has 1 fully saturated rings. The minimum atomic E-state index is -0.328. The van der Waals surface area contributed by atoms with E-state index in [1.807, 2.05) is 71.5 Å². The van der Waals surface area contributed by atoms with Gasteiger partial charge in [-0.25, -0.2) is 4.79 Å². The molecule has 1 aromatic carbocycles. The van der Waals surface area contributed by atoms with Crippen LogP contribution in [-0.2, 0) is 29.2 Å². The van der Waals surface area contributed by atoms with E-state index in [2.05, 4.69) is 14.9 Å². The molecule has 3 aromatic rings. The molecule has 4 heterocycles. The molecule has 2 atom stereocenters. The van der Waals surface area contributed by atoms with E-state index in [1.54, 1.807) is 18.4 Å². The Morgan fingerprint density at radius 2 is 1.77 bits per heavy atom. The zero-order valence-electron chi connectivity index (χ0n) is 23.6. The number of hydrogen-bond acceptors (Lipinski definition) is 6. The summed E-state index contributed by atoms with van der Waals surface area (Å²) in [5, 5.41) is 0. The highest BCUT2D eigenvalue weighted by molar-refractivity contribution is 5.92. The van der Waals surface area contributed by atoms with Gasteiger partial charge < -0.3 is 9.80 Å². The average Bonchev–Trinajstić information content (AvgIpc) is 3.28. The summed E-state index contributed by atoms with van der Waals surface area (Å²) in [6, 6.07) is 16.2. The number of rotatable bonds is 5. The molecule has 2 aromatic heterocycles. The number of hydrogen-bond donors (Lipinski definition) is 0. The van der Waals surface area contributed by atoms with Crippen molar-refractivity contribution < 1.29 is 9.59 Å². The Morgan fingerprint density at radius 3 is 2.52 bits per heavy atom. The summed E-state index contributed by atoms with van der Waals surface area (Å²) < 4.78 is 1.57. The van der Waals surface area contributed by atoms with Gasteiger partial charge in [0.25, 0.3) is 0 Å². The largest absolute Gasteiger partial charge is 0.347 e. The number of para-hydroxylation sites is 1. The van der Waals surface area contributed by atoms with Gasteiger partial charge in [-0.2, -0.15) is 4.98 Å². The van der Waals surface area contributed by atoms with Gasteiger partial charge in [0.15, 0.2) is 0 Å². The molecule has 0 N–H and O–H groups in total. The van der Waals surface area contributed by atoms with Gasteiger partial charge in [0, 0.05) is 81.4 Å². The van der Waals surface area contributed by atoms with E-state index >= 15 is 0 Å². The lowest BCUT2D eigenvalue weighted by Crippen LogP contribution is -2.45. The maximum atomic E-state index is 13.9. The molecule has 0 spiro atoms. The van der Waals surface area contributed by atoms with Gasteiger partial charge in [0.2, 0.25) is 11.8 Å². The molecular weight excluding hydrogens is 504 g/mol. The quantitative estimate of drug-likeness (QED) is 0.491. The predicted molar refractivity (Wildman–Crippen MR) is 154 cm³/mol. The van der Waals surface area contributed by atoms with Crippen LogP contribution < -0.4 is 10.6 Å². The smallest absolute Gasteiger partial charge is 0.337 e. The minimum Gasteiger partial charge on any atom is -0.337 e. The van der Waals surface area contributed by atoms with E-state index in [0.29, 0.717) is 31.9 Å². The van der Waals surface area contributed by atoms with Crippen molar-refractivity contribution in [2.24, 2.45) is 0 Å². The number of amides is 2. The molecule has 0 unspecified atom stereocenters. The van der Waals surface area contributed by atoms with Crippen LogP contribution in [0.1, 0.15) is 55.3 Å². The maximum Gasteiger partial charge on any atom is 0.347 e. The van der Waals surface area contributed by atoms with E-state index in [0.717, 1.165) is 41.9 Å². The first-order valence-corrected chi connectivity index (χ1v) is 14.1. The number of aromatic nitrogens is 3. The second kappa shape index (κ2) is 12.1. The summed E-state index contributed by atoms with van der Waals surface area (Å²) >= 11 is 0. The summed E-state index contributed by atoms with van der Waals surface area (Å²) in [6.07, 6.45) is 4.85. The van der Waals surface area contributed by atoms with Gasteiger partial charge in [0.1, 0.15) is 0 Å². The Morgan fingerprint density at radius 1 is 1.00 bits per heavy atom. The number of benzene rings is 1. The van der Waals surface area contributed by atoms with E-state index in [4.69, 9.17) is 0 Å². The summed E-state index contributed by atoms with van der Waals surface area (Å²) in [5.41, 5.74) is 3.95. The van der Waals surface area contributed by atoms with Gasteiger partial charge in [-0.3, -0.25) is 24.0 Å². The van der Waals surface area contributed by atoms with Gasteiger partial charge in [-0.05, 0) is 62.9 Å². The molecule has 1 saturated heterocycles. The van der Waals surface area contributed by atoms with Crippen molar-refractivity contribution in [2.45, 2.75) is 78.2 Å². The molecule has 0 aliphatic carbocycles. The van der Waals surface area contributed by atoms with E-state index in [1.165, 1.54) is 0 Å². The standard InChI is InChI=1S/C31H38N6O3/c1-22-18-23(2)35(31(40)33-22)17-14-30(39)34-19-25-8-4-5-10-29(25)36(24(3)38)16-13-27-11-12-28(21-34)37(27)20-26-9-6-7-15-32-26/h4-10,15,18,27-28H,11-14,16-17,19-21H2,1-3H3/t27-,28+/m0/s1. The average molecular weight is 543 g/mol. The number of carbonyl (C=O) groups excluding carboxylic acids is 2. The van der Waals surface area contributed by atoms with Crippen molar-refractivity contribution in [1.82, 2.24) is 24.3 Å². The van der Waals surface area contributed by atoms with Crippen LogP contribution in [0.3, 0.4) is 0 Å². The molecule has 5 rings (SSSR count). The number of pyridine rings is 1. The van der Waals surface area contributed by atoms with Crippen LogP contribution in [0.25, 0.3) is 0 Å². The lowest BCUT2D eigenvalue weighted by atomic mass is 10.1. The summed E-state index contributed by atoms with van der Waals surface area (Å²) in [4.78, 5) is 54.1. The normalized spacial score (nSPS) is 19.7. The summed E-state index contributed by atoms with van der Waals surface area (Å²) in [7, 11) is 0.